The van der Waals surface area contributed by atoms with Gasteiger partial charge in [-0.1, -0.05) is 6.92 Å². The first kappa shape index (κ1) is 11.2. The van der Waals surface area contributed by atoms with E-state index in [1.807, 2.05) is 10.7 Å². The van der Waals surface area contributed by atoms with Crippen LogP contribution < -0.4 is 0 Å². The number of hydrogen-bond donors (Lipinski definition) is 0. The molecule has 0 fully saturated rings. The Balaban J connectivity index is 2.20. The molecule has 0 aromatic carbocycles. The third-order valence-corrected chi connectivity index (χ3v) is 3.37. The first-order chi connectivity index (χ1) is 7.74. The third-order valence-electron chi connectivity index (χ3n) is 3.37. The molecule has 1 unspecified atom stereocenters. The van der Waals surface area contributed by atoms with Crippen LogP contribution in [0.1, 0.15) is 38.1 Å². The average molecular weight is 218 g/mol. The van der Waals surface area contributed by atoms with Gasteiger partial charge >= 0.3 is 0 Å². The molecule has 0 N–H and O–H groups in total. The Bertz CT molecular complexity index is 402. The van der Waals surface area contributed by atoms with Crippen LogP contribution >= 0.6 is 0 Å². The first-order valence-electron chi connectivity index (χ1n) is 5.95. The van der Waals surface area contributed by atoms with Gasteiger partial charge in [0, 0.05) is 25.7 Å². The van der Waals surface area contributed by atoms with E-state index in [2.05, 4.69) is 29.9 Å². The van der Waals surface area contributed by atoms with Gasteiger partial charge in [-0.25, -0.2) is 0 Å². The summed E-state index contributed by atoms with van der Waals surface area (Å²) < 4.78 is 1.99. The van der Waals surface area contributed by atoms with Gasteiger partial charge in [0.15, 0.2) is 5.69 Å². The maximum Gasteiger partial charge on any atom is 0.162 e. The molecule has 1 aliphatic rings. The molecule has 4 heteroatoms. The predicted molar refractivity (Wildman–Crippen MR) is 61.7 cm³/mol. The zero-order chi connectivity index (χ0) is 11.5. The molecule has 0 amide bonds. The quantitative estimate of drug-likeness (QED) is 0.759. The topological polar surface area (TPSA) is 44.9 Å². The molecule has 0 saturated carbocycles. The highest BCUT2D eigenvalue weighted by Crippen LogP contribution is 2.16. The van der Waals surface area contributed by atoms with E-state index in [1.54, 1.807) is 0 Å². The lowest BCUT2D eigenvalue weighted by molar-refractivity contribution is 0.198. The van der Waals surface area contributed by atoms with Crippen molar-refractivity contribution in [3.05, 3.63) is 17.5 Å². The van der Waals surface area contributed by atoms with Gasteiger partial charge < -0.3 is 0 Å². The normalized spacial score (nSPS) is 18.6. The van der Waals surface area contributed by atoms with Crippen molar-refractivity contribution in [2.45, 2.75) is 45.8 Å². The lowest BCUT2D eigenvalue weighted by Gasteiger charge is -2.26. The van der Waals surface area contributed by atoms with Crippen LogP contribution in [0.25, 0.3) is 0 Å². The Morgan fingerprint density at radius 3 is 3.06 bits per heavy atom. The van der Waals surface area contributed by atoms with Crippen LogP contribution in [-0.4, -0.2) is 27.3 Å². The molecule has 86 valence electrons. The predicted octanol–water partition coefficient (Wildman–Crippen LogP) is 1.76. The van der Waals surface area contributed by atoms with Gasteiger partial charge in [-0.3, -0.25) is 9.58 Å². The molecule has 0 bridgehead atoms. The summed E-state index contributed by atoms with van der Waals surface area (Å²) in [5.41, 5.74) is 1.72. The largest absolute Gasteiger partial charge is 0.295 e. The van der Waals surface area contributed by atoms with E-state index in [1.165, 1.54) is 12.1 Å². The summed E-state index contributed by atoms with van der Waals surface area (Å²) in [7, 11) is 0. The van der Waals surface area contributed by atoms with Gasteiger partial charge in [0.2, 0.25) is 0 Å². The molecule has 0 aliphatic carbocycles. The molecule has 2 heterocycles. The van der Waals surface area contributed by atoms with Crippen LogP contribution in [0.3, 0.4) is 0 Å². The number of aromatic nitrogens is 2. The number of nitrogens with zero attached hydrogens (tertiary/aromatic N) is 4. The van der Waals surface area contributed by atoms with E-state index in [4.69, 9.17) is 5.26 Å². The van der Waals surface area contributed by atoms with Gasteiger partial charge in [-0.15, -0.1) is 0 Å². The second-order valence-corrected chi connectivity index (χ2v) is 4.44. The van der Waals surface area contributed by atoms with Gasteiger partial charge in [-0.2, -0.15) is 10.4 Å². The summed E-state index contributed by atoms with van der Waals surface area (Å²) in [6.45, 7) is 7.46. The van der Waals surface area contributed by atoms with E-state index < -0.39 is 0 Å². The van der Waals surface area contributed by atoms with Crippen molar-refractivity contribution < 1.29 is 0 Å². The molecule has 0 saturated heterocycles. The molecule has 0 spiro atoms. The number of nitriles is 1. The number of aryl methyl sites for hydroxylation is 1. The van der Waals surface area contributed by atoms with Crippen molar-refractivity contribution in [3.8, 4) is 6.07 Å². The van der Waals surface area contributed by atoms with E-state index in [9.17, 15) is 0 Å². The smallest absolute Gasteiger partial charge is 0.162 e. The monoisotopic (exact) mass is 218 g/mol. The zero-order valence-corrected chi connectivity index (χ0v) is 9.98. The number of fused-ring (bicyclic) bond motifs is 1. The molecule has 2 rings (SSSR count). The standard InChI is InChI=1S/C12H18N4/c1-3-10(2)15-5-4-6-16-12(9-15)7-11(8-13)14-16/h7,10H,3-6,9H2,1-2H3. The van der Waals surface area contributed by atoms with Crippen LogP contribution in [0.2, 0.25) is 0 Å². The fourth-order valence-corrected chi connectivity index (χ4v) is 2.18. The van der Waals surface area contributed by atoms with Gasteiger partial charge in [0.05, 0.1) is 5.69 Å². The highest BCUT2D eigenvalue weighted by Gasteiger charge is 2.19. The van der Waals surface area contributed by atoms with Crippen molar-refractivity contribution in [3.63, 3.8) is 0 Å². The second-order valence-electron chi connectivity index (χ2n) is 4.44. The van der Waals surface area contributed by atoms with Crippen molar-refractivity contribution >= 4 is 0 Å². The maximum atomic E-state index is 8.84. The highest BCUT2D eigenvalue weighted by atomic mass is 15.3. The summed E-state index contributed by atoms with van der Waals surface area (Å²) >= 11 is 0. The Morgan fingerprint density at radius 1 is 1.56 bits per heavy atom. The fourth-order valence-electron chi connectivity index (χ4n) is 2.18. The molecule has 16 heavy (non-hydrogen) atoms. The Hall–Kier alpha value is -1.34. The molecule has 0 radical (unpaired) electrons. The van der Waals surface area contributed by atoms with E-state index in [0.29, 0.717) is 11.7 Å². The number of hydrogen-bond acceptors (Lipinski definition) is 3. The van der Waals surface area contributed by atoms with Crippen molar-refractivity contribution in [1.29, 1.82) is 5.26 Å². The Morgan fingerprint density at radius 2 is 2.38 bits per heavy atom. The van der Waals surface area contributed by atoms with Crippen molar-refractivity contribution in [2.75, 3.05) is 6.54 Å². The summed E-state index contributed by atoms with van der Waals surface area (Å²) in [6, 6.07) is 4.63. The fraction of sp³-hybridized carbons (Fsp3) is 0.667. The van der Waals surface area contributed by atoms with Gasteiger partial charge in [0.25, 0.3) is 0 Å². The number of rotatable bonds is 2. The minimum Gasteiger partial charge on any atom is -0.295 e. The summed E-state index contributed by atoms with van der Waals surface area (Å²) in [4.78, 5) is 2.47. The minimum absolute atomic E-state index is 0.543. The Labute approximate surface area is 96.5 Å². The summed E-state index contributed by atoms with van der Waals surface area (Å²) in [5, 5.41) is 13.1. The van der Waals surface area contributed by atoms with Crippen molar-refractivity contribution in [1.82, 2.24) is 14.7 Å². The molecular formula is C12H18N4. The van der Waals surface area contributed by atoms with E-state index in [-0.39, 0.29) is 0 Å². The summed E-state index contributed by atoms with van der Waals surface area (Å²) in [6.07, 6.45) is 2.28. The lowest BCUT2D eigenvalue weighted by atomic mass is 10.2. The van der Waals surface area contributed by atoms with Gasteiger partial charge in [-0.05, 0) is 25.8 Å². The van der Waals surface area contributed by atoms with Gasteiger partial charge in [0.1, 0.15) is 6.07 Å². The molecule has 4 nitrogen and oxygen atoms in total. The maximum absolute atomic E-state index is 8.84. The third kappa shape index (κ3) is 2.10. The van der Waals surface area contributed by atoms with Crippen LogP contribution in [0.4, 0.5) is 0 Å². The van der Waals surface area contributed by atoms with Crippen LogP contribution in [0.5, 0.6) is 0 Å². The molecule has 1 atom stereocenters. The minimum atomic E-state index is 0.543. The Kier molecular flexibility index (Phi) is 3.25. The zero-order valence-electron chi connectivity index (χ0n) is 9.98. The molecular weight excluding hydrogens is 200 g/mol. The SMILES string of the molecule is CCC(C)N1CCCn2nc(C#N)cc2C1. The van der Waals surface area contributed by atoms with Crippen LogP contribution in [0.15, 0.2) is 6.07 Å². The lowest BCUT2D eigenvalue weighted by Crippen LogP contribution is -2.32. The average Bonchev–Trinajstić information content (AvgIpc) is 2.59. The van der Waals surface area contributed by atoms with Crippen LogP contribution in [-0.2, 0) is 13.1 Å². The second kappa shape index (κ2) is 4.67. The molecule has 1 aromatic heterocycles. The summed E-state index contributed by atoms with van der Waals surface area (Å²) in [5.74, 6) is 0. The van der Waals surface area contributed by atoms with Crippen molar-refractivity contribution in [2.24, 2.45) is 0 Å². The highest BCUT2D eigenvalue weighted by molar-refractivity contribution is 5.22. The van der Waals surface area contributed by atoms with E-state index in [0.717, 1.165) is 26.1 Å². The van der Waals surface area contributed by atoms with E-state index >= 15 is 0 Å². The first-order valence-corrected chi connectivity index (χ1v) is 5.95. The molecule has 1 aromatic rings. The molecule has 1 aliphatic heterocycles. The van der Waals surface area contributed by atoms with Crippen LogP contribution in [0, 0.1) is 11.3 Å².